The van der Waals surface area contributed by atoms with Gasteiger partial charge in [-0.1, -0.05) is 0 Å². The van der Waals surface area contributed by atoms with Crippen molar-refractivity contribution in [2.24, 2.45) is 0 Å². The number of piperidine rings is 1. The molecule has 33 heavy (non-hydrogen) atoms. The largest absolute Gasteiger partial charge is 0.466 e. The lowest BCUT2D eigenvalue weighted by molar-refractivity contribution is 0.102. The highest BCUT2D eigenvalue weighted by atomic mass is 16.3. The number of anilines is 2. The lowest BCUT2D eigenvalue weighted by Gasteiger charge is -2.24. The molecule has 1 aliphatic rings. The number of aromatic nitrogens is 6. The molecule has 1 amide bonds. The average molecular weight is 449 g/mol. The second-order valence-electron chi connectivity index (χ2n) is 8.79. The fraction of sp³-hybridized carbons (Fsp3) is 0.435. The van der Waals surface area contributed by atoms with E-state index < -0.39 is 0 Å². The number of rotatable bonds is 5. The van der Waals surface area contributed by atoms with E-state index in [2.05, 4.69) is 30.5 Å². The fourth-order valence-corrected chi connectivity index (χ4v) is 4.33. The van der Waals surface area contributed by atoms with Gasteiger partial charge in [-0.05, 0) is 59.1 Å². The van der Waals surface area contributed by atoms with Gasteiger partial charge in [-0.15, -0.1) is 5.10 Å². The molecule has 0 aliphatic carbocycles. The molecule has 172 valence electrons. The van der Waals surface area contributed by atoms with Gasteiger partial charge < -0.3 is 9.32 Å². The molecule has 1 fully saturated rings. The van der Waals surface area contributed by atoms with Crippen LogP contribution >= 0.6 is 0 Å². The van der Waals surface area contributed by atoms with E-state index in [0.717, 1.165) is 43.0 Å². The Morgan fingerprint density at radius 1 is 1.15 bits per heavy atom. The van der Waals surface area contributed by atoms with Gasteiger partial charge in [-0.3, -0.25) is 10.1 Å². The number of nitrogens with zero attached hydrogens (tertiary/aromatic N) is 6. The highest BCUT2D eigenvalue weighted by Gasteiger charge is 2.22. The number of amides is 1. The molecule has 1 saturated heterocycles. The molecule has 10 nitrogen and oxygen atoms in total. The maximum Gasteiger partial charge on any atom is 0.258 e. The minimum atomic E-state index is -0.300. The van der Waals surface area contributed by atoms with Gasteiger partial charge in [0, 0.05) is 24.7 Å². The number of pyridine rings is 1. The Morgan fingerprint density at radius 3 is 2.64 bits per heavy atom. The van der Waals surface area contributed by atoms with Gasteiger partial charge in [0.1, 0.15) is 11.5 Å². The van der Waals surface area contributed by atoms with Crippen molar-refractivity contribution < 1.29 is 9.21 Å². The standard InChI is InChI=1S/C23H28N8O2/c1-13(2)31-20-18(12-24-31)17(11-19(25-20)16-10-14(3)33-15(16)4)21(32)26-22-27-23(29-28-22)30-8-6-5-7-9-30/h10-13H,5-9H2,1-4H3,(H2,26,27,28,29,32). The number of carbonyl (C=O) groups excluding carboxylic acids is 1. The Kier molecular flexibility index (Phi) is 5.35. The van der Waals surface area contributed by atoms with Crippen LogP contribution < -0.4 is 10.2 Å². The van der Waals surface area contributed by atoms with Gasteiger partial charge in [-0.25, -0.2) is 14.8 Å². The summed E-state index contributed by atoms with van der Waals surface area (Å²) in [4.78, 5) is 24.8. The molecular formula is C23H28N8O2. The van der Waals surface area contributed by atoms with Crippen LogP contribution in [0.4, 0.5) is 11.9 Å². The van der Waals surface area contributed by atoms with Crippen LogP contribution in [0.5, 0.6) is 0 Å². The summed E-state index contributed by atoms with van der Waals surface area (Å²) in [6.07, 6.45) is 5.17. The van der Waals surface area contributed by atoms with E-state index in [1.807, 2.05) is 38.4 Å². The van der Waals surface area contributed by atoms with Gasteiger partial charge in [0.05, 0.1) is 22.8 Å². The van der Waals surface area contributed by atoms with Gasteiger partial charge in [0.25, 0.3) is 5.91 Å². The summed E-state index contributed by atoms with van der Waals surface area (Å²) in [6, 6.07) is 3.81. The van der Waals surface area contributed by atoms with Crippen molar-refractivity contribution in [3.8, 4) is 11.3 Å². The smallest absolute Gasteiger partial charge is 0.258 e. The molecule has 4 aromatic heterocycles. The third-order valence-corrected chi connectivity index (χ3v) is 5.96. The quantitative estimate of drug-likeness (QED) is 0.468. The van der Waals surface area contributed by atoms with Crippen LogP contribution in [0, 0.1) is 13.8 Å². The summed E-state index contributed by atoms with van der Waals surface area (Å²) in [5.41, 5.74) is 2.64. The lowest BCUT2D eigenvalue weighted by Crippen LogP contribution is -2.30. The summed E-state index contributed by atoms with van der Waals surface area (Å²) in [6.45, 7) is 9.71. The first kappa shape index (κ1) is 21.2. The molecule has 10 heteroatoms. The highest BCUT2D eigenvalue weighted by molar-refractivity contribution is 6.12. The van der Waals surface area contributed by atoms with E-state index in [1.165, 1.54) is 6.42 Å². The molecule has 5 heterocycles. The first-order valence-corrected chi connectivity index (χ1v) is 11.3. The van der Waals surface area contributed by atoms with Crippen LogP contribution in [0.1, 0.15) is 61.0 Å². The van der Waals surface area contributed by atoms with Crippen LogP contribution in [-0.4, -0.2) is 48.9 Å². The summed E-state index contributed by atoms with van der Waals surface area (Å²) >= 11 is 0. The van der Waals surface area contributed by atoms with Gasteiger partial charge in [0.2, 0.25) is 11.9 Å². The molecule has 0 spiro atoms. The highest BCUT2D eigenvalue weighted by Crippen LogP contribution is 2.30. The van der Waals surface area contributed by atoms with E-state index >= 15 is 0 Å². The number of H-pyrrole nitrogens is 1. The molecule has 0 unspecified atom stereocenters. The maximum absolute atomic E-state index is 13.4. The van der Waals surface area contributed by atoms with Crippen molar-refractivity contribution in [1.82, 2.24) is 29.9 Å². The van der Waals surface area contributed by atoms with Crippen molar-refractivity contribution in [2.45, 2.75) is 53.0 Å². The minimum Gasteiger partial charge on any atom is -0.466 e. The average Bonchev–Trinajstić information content (AvgIpc) is 3.51. The Labute approximate surface area is 191 Å². The van der Waals surface area contributed by atoms with E-state index in [9.17, 15) is 4.79 Å². The Bertz CT molecular complexity index is 1310. The molecule has 4 aromatic rings. The molecule has 1 aliphatic heterocycles. The van der Waals surface area contributed by atoms with E-state index in [0.29, 0.717) is 34.2 Å². The first-order chi connectivity index (χ1) is 15.9. The van der Waals surface area contributed by atoms with Crippen LogP contribution in [0.25, 0.3) is 22.3 Å². The molecule has 0 aromatic carbocycles. The van der Waals surface area contributed by atoms with Crippen LogP contribution in [-0.2, 0) is 0 Å². The molecule has 0 radical (unpaired) electrons. The summed E-state index contributed by atoms with van der Waals surface area (Å²) < 4.78 is 7.53. The number of hydrogen-bond donors (Lipinski definition) is 2. The van der Waals surface area contributed by atoms with Crippen LogP contribution in [0.3, 0.4) is 0 Å². The third kappa shape index (κ3) is 3.96. The van der Waals surface area contributed by atoms with Crippen molar-refractivity contribution >= 4 is 28.8 Å². The summed E-state index contributed by atoms with van der Waals surface area (Å²) in [5.74, 6) is 2.18. The second-order valence-corrected chi connectivity index (χ2v) is 8.79. The monoisotopic (exact) mass is 448 g/mol. The Morgan fingerprint density at radius 2 is 1.94 bits per heavy atom. The zero-order chi connectivity index (χ0) is 23.1. The number of aryl methyl sites for hydroxylation is 2. The van der Waals surface area contributed by atoms with E-state index in [1.54, 1.807) is 12.3 Å². The van der Waals surface area contributed by atoms with Crippen molar-refractivity contribution in [1.29, 1.82) is 0 Å². The predicted molar refractivity (Wildman–Crippen MR) is 125 cm³/mol. The first-order valence-electron chi connectivity index (χ1n) is 11.3. The second kappa shape index (κ2) is 8.34. The van der Waals surface area contributed by atoms with E-state index in [4.69, 9.17) is 9.40 Å². The molecule has 0 saturated carbocycles. The third-order valence-electron chi connectivity index (χ3n) is 5.96. The van der Waals surface area contributed by atoms with Crippen molar-refractivity contribution in [3.63, 3.8) is 0 Å². The number of nitrogens with one attached hydrogen (secondary N) is 2. The van der Waals surface area contributed by atoms with Gasteiger partial charge >= 0.3 is 0 Å². The van der Waals surface area contributed by atoms with Crippen molar-refractivity contribution in [3.05, 3.63) is 35.4 Å². The molecule has 0 atom stereocenters. The zero-order valence-electron chi connectivity index (χ0n) is 19.3. The maximum atomic E-state index is 13.4. The minimum absolute atomic E-state index is 0.0923. The number of carbonyl (C=O) groups is 1. The molecule has 0 bridgehead atoms. The van der Waals surface area contributed by atoms with E-state index in [-0.39, 0.29) is 11.9 Å². The lowest BCUT2D eigenvalue weighted by atomic mass is 10.1. The molecule has 2 N–H and O–H groups in total. The number of furan rings is 1. The van der Waals surface area contributed by atoms with Crippen LogP contribution in [0.2, 0.25) is 0 Å². The number of aromatic amines is 1. The Hall–Kier alpha value is -3.69. The zero-order valence-corrected chi connectivity index (χ0v) is 19.3. The molecular weight excluding hydrogens is 420 g/mol. The van der Waals surface area contributed by atoms with Gasteiger partial charge in [-0.2, -0.15) is 10.1 Å². The number of hydrogen-bond acceptors (Lipinski definition) is 7. The van der Waals surface area contributed by atoms with Gasteiger partial charge in [0.15, 0.2) is 5.65 Å². The van der Waals surface area contributed by atoms with Crippen LogP contribution in [0.15, 0.2) is 22.7 Å². The van der Waals surface area contributed by atoms with Crippen molar-refractivity contribution in [2.75, 3.05) is 23.3 Å². The topological polar surface area (TPSA) is 118 Å². The fourth-order valence-electron chi connectivity index (χ4n) is 4.33. The molecule has 5 rings (SSSR count). The normalized spacial score (nSPS) is 14.4. The SMILES string of the molecule is Cc1cc(-c2cc(C(=O)Nc3nc(N4CCCCC4)n[nH]3)c3cnn(C(C)C)c3n2)c(C)o1. The summed E-state index contributed by atoms with van der Waals surface area (Å²) in [5, 5.41) is 15.2. The predicted octanol–water partition coefficient (Wildman–Crippen LogP) is 4.25. The number of fused-ring (bicyclic) bond motifs is 1. The summed E-state index contributed by atoms with van der Waals surface area (Å²) in [7, 11) is 0. The Balaban J connectivity index is 1.52.